The van der Waals surface area contributed by atoms with E-state index in [1.165, 1.54) is 0 Å². The zero-order chi connectivity index (χ0) is 12.7. The van der Waals surface area contributed by atoms with Crippen LogP contribution in [0, 0.1) is 0 Å². The average Bonchev–Trinajstić information content (AvgIpc) is 2.31. The van der Waals surface area contributed by atoms with Gasteiger partial charge >= 0.3 is 7.60 Å². The summed E-state index contributed by atoms with van der Waals surface area (Å²) >= 11 is 0. The molecule has 0 bridgehead atoms. The number of hydrogen-bond acceptors (Lipinski definition) is 4. The summed E-state index contributed by atoms with van der Waals surface area (Å²) in [6.07, 6.45) is 0. The molecule has 4 nitrogen and oxygen atoms in total. The Kier molecular flexibility index (Phi) is 5.56. The molecule has 0 spiro atoms. The lowest BCUT2D eigenvalue weighted by Gasteiger charge is -2.18. The third-order valence-electron chi connectivity index (χ3n) is 2.10. The van der Waals surface area contributed by atoms with Crippen molar-refractivity contribution < 1.29 is 13.6 Å². The van der Waals surface area contributed by atoms with Crippen LogP contribution >= 0.6 is 7.60 Å². The molecule has 0 fully saturated rings. The molecule has 0 aromatic heterocycles. The van der Waals surface area contributed by atoms with E-state index in [0.717, 1.165) is 5.56 Å². The van der Waals surface area contributed by atoms with Crippen molar-refractivity contribution in [2.75, 3.05) is 20.3 Å². The first-order valence-electron chi connectivity index (χ1n) is 5.59. The first kappa shape index (κ1) is 14.1. The van der Waals surface area contributed by atoms with Crippen LogP contribution in [0.5, 0.6) is 0 Å². The zero-order valence-corrected chi connectivity index (χ0v) is 11.3. The minimum absolute atomic E-state index is 0.323. The van der Waals surface area contributed by atoms with Crippen molar-refractivity contribution in [2.24, 2.45) is 4.99 Å². The van der Waals surface area contributed by atoms with Gasteiger partial charge in [-0.15, -0.1) is 0 Å². The Morgan fingerprint density at radius 3 is 2.12 bits per heavy atom. The molecule has 0 saturated heterocycles. The first-order valence-corrected chi connectivity index (χ1v) is 7.14. The molecule has 0 N–H and O–H groups in total. The fraction of sp³-hybridized carbons (Fsp3) is 0.417. The summed E-state index contributed by atoms with van der Waals surface area (Å²) in [4.78, 5) is 4.07. The molecule has 0 aliphatic heterocycles. The van der Waals surface area contributed by atoms with E-state index in [1.54, 1.807) is 20.9 Å². The van der Waals surface area contributed by atoms with Gasteiger partial charge in [-0.25, -0.2) is 0 Å². The lowest BCUT2D eigenvalue weighted by Crippen LogP contribution is -2.08. The molecule has 94 valence electrons. The fourth-order valence-electron chi connectivity index (χ4n) is 1.50. The molecule has 0 heterocycles. The van der Waals surface area contributed by atoms with E-state index in [-0.39, 0.29) is 0 Å². The minimum atomic E-state index is -3.30. The number of benzene rings is 1. The van der Waals surface area contributed by atoms with Gasteiger partial charge in [0.25, 0.3) is 0 Å². The third kappa shape index (κ3) is 3.50. The largest absolute Gasteiger partial charge is 0.379 e. The minimum Gasteiger partial charge on any atom is -0.304 e. The van der Waals surface area contributed by atoms with Gasteiger partial charge in [0.15, 0.2) is 5.45 Å². The van der Waals surface area contributed by atoms with Gasteiger partial charge in [0.1, 0.15) is 0 Å². The van der Waals surface area contributed by atoms with Gasteiger partial charge in [-0.3, -0.25) is 9.56 Å². The van der Waals surface area contributed by atoms with Gasteiger partial charge in [0.2, 0.25) is 0 Å². The monoisotopic (exact) mass is 255 g/mol. The normalized spacial score (nSPS) is 12.8. The maximum atomic E-state index is 12.6. The Morgan fingerprint density at radius 2 is 1.71 bits per heavy atom. The summed E-state index contributed by atoms with van der Waals surface area (Å²) in [5, 5.41) is 0. The first-order chi connectivity index (χ1) is 8.18. The summed E-state index contributed by atoms with van der Waals surface area (Å²) in [5.74, 6) is 0. The molecule has 0 atom stereocenters. The Labute approximate surface area is 102 Å². The van der Waals surface area contributed by atoms with E-state index in [4.69, 9.17) is 9.05 Å². The second kappa shape index (κ2) is 6.70. The Morgan fingerprint density at radius 1 is 1.18 bits per heavy atom. The summed E-state index contributed by atoms with van der Waals surface area (Å²) in [7, 11) is -1.71. The van der Waals surface area contributed by atoms with Gasteiger partial charge < -0.3 is 9.05 Å². The molecule has 1 aromatic rings. The van der Waals surface area contributed by atoms with Crippen LogP contribution in [0.1, 0.15) is 19.4 Å². The number of aliphatic imine (C=N–C) groups is 1. The highest BCUT2D eigenvalue weighted by Crippen LogP contribution is 2.51. The molecule has 0 amide bonds. The highest BCUT2D eigenvalue weighted by Gasteiger charge is 2.31. The van der Waals surface area contributed by atoms with Gasteiger partial charge in [0.05, 0.1) is 13.2 Å². The molecular weight excluding hydrogens is 237 g/mol. The second-order valence-electron chi connectivity index (χ2n) is 3.25. The summed E-state index contributed by atoms with van der Waals surface area (Å²) in [5.41, 5.74) is 1.14. The topological polar surface area (TPSA) is 47.9 Å². The fourth-order valence-corrected chi connectivity index (χ4v) is 3.21. The van der Waals surface area contributed by atoms with Crippen molar-refractivity contribution in [1.29, 1.82) is 0 Å². The standard InChI is InChI=1S/C12H18NO3P/c1-4-15-17(14,16-5-2)12(13-3)11-9-7-6-8-10-11/h6-10H,4-5H2,1-3H3. The molecule has 1 aromatic carbocycles. The lowest BCUT2D eigenvalue weighted by molar-refractivity contribution is 0.232. The van der Waals surface area contributed by atoms with Crippen LogP contribution in [0.2, 0.25) is 0 Å². The Bertz CT molecular complexity index is 407. The van der Waals surface area contributed by atoms with Crippen LogP contribution in [0.4, 0.5) is 0 Å². The van der Waals surface area contributed by atoms with Crippen LogP contribution in [0.3, 0.4) is 0 Å². The molecule has 5 heteroatoms. The highest BCUT2D eigenvalue weighted by atomic mass is 31.2. The SMILES string of the molecule is CCOP(=O)(OCC)C(=NC)c1ccccc1. The summed E-state index contributed by atoms with van der Waals surface area (Å²) < 4.78 is 23.1. The van der Waals surface area contributed by atoms with Crippen LogP contribution in [0.25, 0.3) is 0 Å². The van der Waals surface area contributed by atoms with E-state index in [9.17, 15) is 4.57 Å². The highest BCUT2D eigenvalue weighted by molar-refractivity contribution is 7.73. The van der Waals surface area contributed by atoms with Crippen LogP contribution in [0.15, 0.2) is 35.3 Å². The van der Waals surface area contributed by atoms with E-state index in [2.05, 4.69) is 4.99 Å². The van der Waals surface area contributed by atoms with Crippen LogP contribution < -0.4 is 0 Å². The van der Waals surface area contributed by atoms with Crippen LogP contribution in [-0.2, 0) is 13.6 Å². The smallest absolute Gasteiger partial charge is 0.304 e. The van der Waals surface area contributed by atoms with Gasteiger partial charge in [0, 0.05) is 12.6 Å². The molecule has 1 rings (SSSR count). The summed E-state index contributed by atoms with van der Waals surface area (Å²) in [6.45, 7) is 4.21. The third-order valence-corrected chi connectivity index (χ3v) is 4.27. The molecule has 0 aliphatic rings. The number of nitrogens with zero attached hydrogens (tertiary/aromatic N) is 1. The van der Waals surface area contributed by atoms with Crippen molar-refractivity contribution in [2.45, 2.75) is 13.8 Å². The quantitative estimate of drug-likeness (QED) is 0.578. The van der Waals surface area contributed by atoms with Gasteiger partial charge in [-0.2, -0.15) is 0 Å². The Balaban J connectivity index is 3.12. The lowest BCUT2D eigenvalue weighted by atomic mass is 10.2. The van der Waals surface area contributed by atoms with E-state index >= 15 is 0 Å². The van der Waals surface area contributed by atoms with E-state index < -0.39 is 7.60 Å². The van der Waals surface area contributed by atoms with Crippen molar-refractivity contribution >= 4 is 13.0 Å². The Hall–Kier alpha value is -0.960. The molecule has 0 radical (unpaired) electrons. The van der Waals surface area contributed by atoms with Crippen molar-refractivity contribution in [3.8, 4) is 0 Å². The zero-order valence-electron chi connectivity index (χ0n) is 10.4. The predicted octanol–water partition coefficient (Wildman–Crippen LogP) is 3.33. The van der Waals surface area contributed by atoms with E-state index in [1.807, 2.05) is 30.3 Å². The molecular formula is C12H18NO3P. The van der Waals surface area contributed by atoms with Gasteiger partial charge in [-0.1, -0.05) is 30.3 Å². The average molecular weight is 255 g/mol. The number of rotatable bonds is 6. The second-order valence-corrected chi connectivity index (χ2v) is 5.18. The summed E-state index contributed by atoms with van der Waals surface area (Å²) in [6, 6.07) is 9.30. The number of hydrogen-bond donors (Lipinski definition) is 0. The van der Waals surface area contributed by atoms with Gasteiger partial charge in [-0.05, 0) is 13.8 Å². The molecule has 17 heavy (non-hydrogen) atoms. The molecule has 0 aliphatic carbocycles. The molecule has 0 saturated carbocycles. The predicted molar refractivity (Wildman–Crippen MR) is 69.8 cm³/mol. The maximum Gasteiger partial charge on any atom is 0.379 e. The van der Waals surface area contributed by atoms with Crippen LogP contribution in [-0.4, -0.2) is 25.7 Å². The maximum absolute atomic E-state index is 12.6. The van der Waals surface area contributed by atoms with Crippen molar-refractivity contribution in [3.05, 3.63) is 35.9 Å². The molecule has 0 unspecified atom stereocenters. The van der Waals surface area contributed by atoms with Crippen molar-refractivity contribution in [1.82, 2.24) is 0 Å². The van der Waals surface area contributed by atoms with Crippen molar-refractivity contribution in [3.63, 3.8) is 0 Å². The van der Waals surface area contributed by atoms with E-state index in [0.29, 0.717) is 18.7 Å².